The molecule has 0 amide bonds. The van der Waals surface area contributed by atoms with E-state index in [2.05, 4.69) is 44.3 Å². The van der Waals surface area contributed by atoms with Gasteiger partial charge in [-0.25, -0.2) is 0 Å². The normalized spacial score (nSPS) is 20.7. The van der Waals surface area contributed by atoms with Gasteiger partial charge in [0.05, 0.1) is 0 Å². The van der Waals surface area contributed by atoms with Crippen molar-refractivity contribution in [3.05, 3.63) is 34.9 Å². The van der Waals surface area contributed by atoms with Crippen LogP contribution in [0.1, 0.15) is 69.6 Å². The molecule has 21 heavy (non-hydrogen) atoms. The zero-order chi connectivity index (χ0) is 14.9. The van der Waals surface area contributed by atoms with Crippen molar-refractivity contribution in [1.82, 2.24) is 5.32 Å². The van der Waals surface area contributed by atoms with Gasteiger partial charge in [-0.3, -0.25) is 0 Å². The number of fused-ring (bicyclic) bond motifs is 1. The average Bonchev–Trinajstić information content (AvgIpc) is 3.05. The summed E-state index contributed by atoms with van der Waals surface area (Å²) in [4.78, 5) is 0. The van der Waals surface area contributed by atoms with Crippen molar-refractivity contribution in [1.29, 1.82) is 0 Å². The second-order valence-electron chi connectivity index (χ2n) is 8.44. The third-order valence-corrected chi connectivity index (χ3v) is 5.40. The van der Waals surface area contributed by atoms with Crippen LogP contribution in [0, 0.1) is 5.41 Å². The van der Waals surface area contributed by atoms with Crippen molar-refractivity contribution in [2.45, 2.75) is 77.7 Å². The van der Waals surface area contributed by atoms with Crippen molar-refractivity contribution in [3.8, 4) is 0 Å². The first-order valence-electron chi connectivity index (χ1n) is 8.82. The van der Waals surface area contributed by atoms with Gasteiger partial charge in [-0.2, -0.15) is 0 Å². The van der Waals surface area contributed by atoms with Crippen LogP contribution in [0.5, 0.6) is 0 Å². The molecule has 1 aromatic carbocycles. The van der Waals surface area contributed by atoms with E-state index >= 15 is 0 Å². The minimum Gasteiger partial charge on any atom is -0.312 e. The highest BCUT2D eigenvalue weighted by Crippen LogP contribution is 2.41. The SMILES string of the molecule is CC(C)(C)NCC1(Cc2ccc3c(c2)CCC3)CCCC1. The summed E-state index contributed by atoms with van der Waals surface area (Å²) < 4.78 is 0. The monoisotopic (exact) mass is 285 g/mol. The summed E-state index contributed by atoms with van der Waals surface area (Å²) in [6.07, 6.45) is 10.8. The molecule has 0 aliphatic heterocycles. The summed E-state index contributed by atoms with van der Waals surface area (Å²) >= 11 is 0. The van der Waals surface area contributed by atoms with Crippen LogP contribution in [0.25, 0.3) is 0 Å². The van der Waals surface area contributed by atoms with Gasteiger partial charge in [0.2, 0.25) is 0 Å². The molecule has 0 spiro atoms. The van der Waals surface area contributed by atoms with Crippen molar-refractivity contribution in [3.63, 3.8) is 0 Å². The zero-order valence-electron chi connectivity index (χ0n) is 14.1. The predicted octanol–water partition coefficient (Wildman–Crippen LogP) is 4.67. The second-order valence-corrected chi connectivity index (χ2v) is 8.44. The molecule has 1 N–H and O–H groups in total. The fourth-order valence-electron chi connectivity index (χ4n) is 4.16. The van der Waals surface area contributed by atoms with Crippen molar-refractivity contribution in [2.75, 3.05) is 6.54 Å². The third kappa shape index (κ3) is 3.69. The van der Waals surface area contributed by atoms with Crippen molar-refractivity contribution < 1.29 is 0 Å². The first-order chi connectivity index (χ1) is 9.96. The molecular formula is C20H31N. The van der Waals surface area contributed by atoms with E-state index in [1.54, 1.807) is 16.7 Å². The van der Waals surface area contributed by atoms with E-state index in [0.29, 0.717) is 5.41 Å². The van der Waals surface area contributed by atoms with Gasteiger partial charge in [0.1, 0.15) is 0 Å². The summed E-state index contributed by atoms with van der Waals surface area (Å²) in [6.45, 7) is 8.02. The molecule has 0 saturated heterocycles. The number of aryl methyl sites for hydroxylation is 2. The van der Waals surface area contributed by atoms with Gasteiger partial charge >= 0.3 is 0 Å². The molecule has 0 atom stereocenters. The standard InChI is InChI=1S/C20H31N/c1-19(2,3)21-15-20(11-4-5-12-20)14-16-9-10-17-7-6-8-18(17)13-16/h9-10,13,21H,4-8,11-12,14-15H2,1-3H3. The maximum Gasteiger partial charge on any atom is 0.00967 e. The van der Waals surface area contributed by atoms with Crippen LogP contribution in [0.2, 0.25) is 0 Å². The van der Waals surface area contributed by atoms with E-state index in [1.807, 2.05) is 0 Å². The lowest BCUT2D eigenvalue weighted by molar-refractivity contribution is 0.245. The molecule has 2 aliphatic rings. The van der Waals surface area contributed by atoms with Gasteiger partial charge < -0.3 is 5.32 Å². The van der Waals surface area contributed by atoms with Gasteiger partial charge in [-0.05, 0) is 81.4 Å². The van der Waals surface area contributed by atoms with E-state index < -0.39 is 0 Å². The number of benzene rings is 1. The van der Waals surface area contributed by atoms with Gasteiger partial charge in [0.25, 0.3) is 0 Å². The average molecular weight is 285 g/mol. The topological polar surface area (TPSA) is 12.0 Å². The highest BCUT2D eigenvalue weighted by molar-refractivity contribution is 5.35. The maximum atomic E-state index is 3.78. The van der Waals surface area contributed by atoms with Gasteiger partial charge in [-0.15, -0.1) is 0 Å². The van der Waals surface area contributed by atoms with E-state index in [0.717, 1.165) is 0 Å². The molecule has 2 aliphatic carbocycles. The highest BCUT2D eigenvalue weighted by Gasteiger charge is 2.34. The van der Waals surface area contributed by atoms with Crippen LogP contribution in [-0.2, 0) is 19.3 Å². The Labute approximate surface area is 130 Å². The molecule has 0 radical (unpaired) electrons. The molecule has 0 bridgehead atoms. The lowest BCUT2D eigenvalue weighted by Gasteiger charge is -2.34. The van der Waals surface area contributed by atoms with Crippen LogP contribution in [0.15, 0.2) is 18.2 Å². The molecule has 1 nitrogen and oxygen atoms in total. The summed E-state index contributed by atoms with van der Waals surface area (Å²) in [5.41, 5.74) is 5.54. The number of nitrogens with one attached hydrogen (secondary N) is 1. The Morgan fingerprint density at radius 1 is 1.00 bits per heavy atom. The molecule has 1 fully saturated rings. The quantitative estimate of drug-likeness (QED) is 0.848. The summed E-state index contributed by atoms with van der Waals surface area (Å²) in [7, 11) is 0. The zero-order valence-corrected chi connectivity index (χ0v) is 14.1. The van der Waals surface area contributed by atoms with E-state index in [1.165, 1.54) is 57.9 Å². The van der Waals surface area contributed by atoms with Crippen LogP contribution >= 0.6 is 0 Å². The molecule has 1 heteroatoms. The Morgan fingerprint density at radius 2 is 1.71 bits per heavy atom. The number of hydrogen-bond donors (Lipinski definition) is 1. The van der Waals surface area contributed by atoms with Crippen LogP contribution in [0.3, 0.4) is 0 Å². The van der Waals surface area contributed by atoms with Gasteiger partial charge in [0.15, 0.2) is 0 Å². The fraction of sp³-hybridized carbons (Fsp3) is 0.700. The third-order valence-electron chi connectivity index (χ3n) is 5.40. The Bertz CT molecular complexity index is 489. The van der Waals surface area contributed by atoms with Crippen LogP contribution < -0.4 is 5.32 Å². The van der Waals surface area contributed by atoms with E-state index in [-0.39, 0.29) is 5.54 Å². The van der Waals surface area contributed by atoms with E-state index in [4.69, 9.17) is 0 Å². The molecular weight excluding hydrogens is 254 g/mol. The first-order valence-corrected chi connectivity index (χ1v) is 8.82. The Balaban J connectivity index is 1.73. The molecule has 3 rings (SSSR count). The molecule has 0 unspecified atom stereocenters. The summed E-state index contributed by atoms with van der Waals surface area (Å²) in [5.74, 6) is 0. The molecule has 0 heterocycles. The lowest BCUT2D eigenvalue weighted by atomic mass is 9.79. The molecule has 116 valence electrons. The number of rotatable bonds is 4. The summed E-state index contributed by atoms with van der Waals surface area (Å²) in [6, 6.07) is 7.32. The molecule has 0 aromatic heterocycles. The van der Waals surface area contributed by atoms with E-state index in [9.17, 15) is 0 Å². The lowest BCUT2D eigenvalue weighted by Crippen LogP contribution is -2.43. The van der Waals surface area contributed by atoms with Gasteiger partial charge in [0, 0.05) is 12.1 Å². The number of hydrogen-bond acceptors (Lipinski definition) is 1. The maximum absolute atomic E-state index is 3.78. The Kier molecular flexibility index (Phi) is 4.14. The summed E-state index contributed by atoms with van der Waals surface area (Å²) in [5, 5.41) is 3.78. The Hall–Kier alpha value is -0.820. The molecule has 1 saturated carbocycles. The van der Waals surface area contributed by atoms with Crippen LogP contribution in [-0.4, -0.2) is 12.1 Å². The van der Waals surface area contributed by atoms with Crippen LogP contribution in [0.4, 0.5) is 0 Å². The largest absolute Gasteiger partial charge is 0.312 e. The van der Waals surface area contributed by atoms with Gasteiger partial charge in [-0.1, -0.05) is 31.0 Å². The smallest absolute Gasteiger partial charge is 0.00967 e. The Morgan fingerprint density at radius 3 is 2.43 bits per heavy atom. The fourth-order valence-corrected chi connectivity index (χ4v) is 4.16. The second kappa shape index (κ2) is 5.76. The minimum absolute atomic E-state index is 0.230. The highest BCUT2D eigenvalue weighted by atomic mass is 15.0. The van der Waals surface area contributed by atoms with Crippen molar-refractivity contribution in [2.24, 2.45) is 5.41 Å². The predicted molar refractivity (Wildman–Crippen MR) is 90.8 cm³/mol. The minimum atomic E-state index is 0.230. The molecule has 1 aromatic rings. The first kappa shape index (κ1) is 15.1. The van der Waals surface area contributed by atoms with Crippen molar-refractivity contribution >= 4 is 0 Å².